The zero-order valence-corrected chi connectivity index (χ0v) is 30.6. The van der Waals surface area contributed by atoms with Crippen molar-refractivity contribution in [2.24, 2.45) is 10.8 Å². The molecule has 4 nitrogen and oxygen atoms in total. The summed E-state index contributed by atoms with van der Waals surface area (Å²) in [5.74, 6) is -0.886. The third-order valence-electron chi connectivity index (χ3n) is 12.7. The molecule has 4 aliphatic rings. The summed E-state index contributed by atoms with van der Waals surface area (Å²) in [6.45, 7) is 20.6. The maximum absolute atomic E-state index is 11.6. The number of hydrogen-bond donors (Lipinski definition) is 1. The van der Waals surface area contributed by atoms with Crippen LogP contribution in [0.2, 0.25) is 0 Å². The van der Waals surface area contributed by atoms with Crippen LogP contribution in [0.1, 0.15) is 90.1 Å². The van der Waals surface area contributed by atoms with Gasteiger partial charge in [-0.05, 0) is 85.5 Å². The second-order valence-electron chi connectivity index (χ2n) is 17.7. The highest BCUT2D eigenvalue weighted by atomic mass is 17.3. The van der Waals surface area contributed by atoms with Crippen LogP contribution in [0.3, 0.4) is 0 Å². The molecule has 0 radical (unpaired) electrons. The van der Waals surface area contributed by atoms with Crippen molar-refractivity contribution in [2.75, 3.05) is 6.61 Å². The van der Waals surface area contributed by atoms with Crippen LogP contribution in [-0.4, -0.2) is 17.3 Å². The Morgan fingerprint density at radius 2 is 1.04 bits per heavy atom. The molecule has 0 aromatic heterocycles. The third-order valence-corrected chi connectivity index (χ3v) is 12.7. The van der Waals surface area contributed by atoms with Crippen molar-refractivity contribution in [3.05, 3.63) is 125 Å². The largest absolute Gasteiger partial charge is 0.507 e. The standard InChI is InChI=1S/C46H46O4/c1-41(2,3)46-42(4,5)26-48-45(46,49-50-46)30-17-21-31(40(47)25-30)29-16-20-35-34-19-15-28(23-38(34)44(8,9)39(35)24-29)27-14-18-33-32-12-10-11-13-36(32)43(6,7)37(33)22-27/h10-25,47H,26H2,1-9H3. The number of rotatable bonds is 3. The van der Waals surface area contributed by atoms with Crippen LogP contribution < -0.4 is 0 Å². The van der Waals surface area contributed by atoms with Crippen molar-refractivity contribution in [3.63, 3.8) is 0 Å². The Balaban J connectivity index is 1.06. The van der Waals surface area contributed by atoms with Crippen LogP contribution in [-0.2, 0) is 31.1 Å². The minimum absolute atomic E-state index is 0.0386. The minimum atomic E-state index is -1.08. The first-order valence-corrected chi connectivity index (χ1v) is 17.9. The molecule has 1 N–H and O–H groups in total. The SMILES string of the molecule is CC1(C)c2ccccc2-c2ccc(-c3ccc4c(c3)C(C)(C)c3cc(-c5ccc(C67OCC(C)(C)C6(C(C)(C)C)OO7)cc5O)ccc3-4)cc21. The van der Waals surface area contributed by atoms with Gasteiger partial charge in [0.15, 0.2) is 5.60 Å². The molecule has 2 unspecified atom stereocenters. The Bertz CT molecular complexity index is 2270. The number of phenolic OH excluding ortho intramolecular Hbond substituents is 1. The summed E-state index contributed by atoms with van der Waals surface area (Å²) in [5, 5.41) is 11.6. The van der Waals surface area contributed by atoms with Crippen LogP contribution in [0.15, 0.2) is 97.1 Å². The highest BCUT2D eigenvalue weighted by Crippen LogP contribution is 2.69. The molecule has 2 saturated heterocycles. The molecule has 50 heavy (non-hydrogen) atoms. The topological polar surface area (TPSA) is 47.9 Å². The third kappa shape index (κ3) is 3.77. The zero-order valence-electron chi connectivity index (χ0n) is 30.6. The average Bonchev–Trinajstić information content (AvgIpc) is 3.50. The molecular weight excluding hydrogens is 617 g/mol. The van der Waals surface area contributed by atoms with Gasteiger partial charge >= 0.3 is 0 Å². The van der Waals surface area contributed by atoms with Crippen molar-refractivity contribution < 1.29 is 19.6 Å². The van der Waals surface area contributed by atoms with E-state index >= 15 is 0 Å². The highest BCUT2D eigenvalue weighted by molar-refractivity contribution is 5.88. The van der Waals surface area contributed by atoms with E-state index in [9.17, 15) is 5.11 Å². The molecule has 2 heterocycles. The van der Waals surface area contributed by atoms with Gasteiger partial charge < -0.3 is 9.84 Å². The maximum atomic E-state index is 11.6. The lowest BCUT2D eigenvalue weighted by Gasteiger charge is -2.61. The molecule has 4 heteroatoms. The molecule has 2 atom stereocenters. The van der Waals surface area contributed by atoms with E-state index in [2.05, 4.69) is 141 Å². The summed E-state index contributed by atoms with van der Waals surface area (Å²) in [6, 6.07) is 35.2. The van der Waals surface area contributed by atoms with Gasteiger partial charge in [-0.25, -0.2) is 4.89 Å². The molecule has 0 bridgehead atoms. The summed E-state index contributed by atoms with van der Waals surface area (Å²) in [5.41, 5.74) is 14.1. The van der Waals surface area contributed by atoms with Gasteiger partial charge in [-0.15, -0.1) is 0 Å². The molecule has 0 saturated carbocycles. The normalized spacial score (nSPS) is 24.5. The monoisotopic (exact) mass is 662 g/mol. The van der Waals surface area contributed by atoms with E-state index in [4.69, 9.17) is 14.5 Å². The summed E-state index contributed by atoms with van der Waals surface area (Å²) in [7, 11) is 0. The molecule has 254 valence electrons. The highest BCUT2D eigenvalue weighted by Gasteiger charge is 2.81. The van der Waals surface area contributed by atoms with Gasteiger partial charge in [-0.3, -0.25) is 0 Å². The van der Waals surface area contributed by atoms with E-state index in [0.717, 1.165) is 16.7 Å². The lowest BCUT2D eigenvalue weighted by molar-refractivity contribution is -0.626. The Labute approximate surface area is 296 Å². The van der Waals surface area contributed by atoms with E-state index < -0.39 is 11.4 Å². The molecule has 2 fully saturated rings. The van der Waals surface area contributed by atoms with Gasteiger partial charge in [0.05, 0.1) is 6.61 Å². The van der Waals surface area contributed by atoms with Gasteiger partial charge in [0.2, 0.25) is 0 Å². The fourth-order valence-electron chi connectivity index (χ4n) is 10.2. The Hall–Kier alpha value is -4.22. The fraction of sp³-hybridized carbons (Fsp3) is 0.348. The predicted molar refractivity (Wildman–Crippen MR) is 200 cm³/mol. The summed E-state index contributed by atoms with van der Waals surface area (Å²) >= 11 is 0. The number of phenols is 1. The van der Waals surface area contributed by atoms with Gasteiger partial charge in [0.25, 0.3) is 5.79 Å². The van der Waals surface area contributed by atoms with E-state index in [1.54, 1.807) is 6.07 Å². The first kappa shape index (κ1) is 31.7. The smallest absolute Gasteiger partial charge is 0.261 e. The van der Waals surface area contributed by atoms with Crippen molar-refractivity contribution in [2.45, 2.75) is 84.5 Å². The van der Waals surface area contributed by atoms with Crippen molar-refractivity contribution in [1.82, 2.24) is 0 Å². The second-order valence-corrected chi connectivity index (χ2v) is 17.7. The van der Waals surface area contributed by atoms with E-state index in [1.165, 1.54) is 55.6 Å². The molecule has 9 rings (SSSR count). The summed E-state index contributed by atoms with van der Waals surface area (Å²) in [4.78, 5) is 11.9. The van der Waals surface area contributed by atoms with Crippen molar-refractivity contribution in [1.29, 1.82) is 0 Å². The number of ether oxygens (including phenoxy) is 1. The van der Waals surface area contributed by atoms with Gasteiger partial charge in [-0.2, -0.15) is 4.89 Å². The molecule has 0 spiro atoms. The van der Waals surface area contributed by atoms with Crippen LogP contribution in [0, 0.1) is 10.8 Å². The van der Waals surface area contributed by atoms with Crippen molar-refractivity contribution >= 4 is 0 Å². The number of benzene rings is 5. The molecule has 5 aromatic rings. The Morgan fingerprint density at radius 3 is 1.58 bits per heavy atom. The molecule has 2 aliphatic carbocycles. The summed E-state index contributed by atoms with van der Waals surface area (Å²) < 4.78 is 6.42. The van der Waals surface area contributed by atoms with Crippen molar-refractivity contribution in [3.8, 4) is 50.3 Å². The molecule has 0 amide bonds. The fourth-order valence-corrected chi connectivity index (χ4v) is 10.2. The summed E-state index contributed by atoms with van der Waals surface area (Å²) in [6.07, 6.45) is 0. The number of fused-ring (bicyclic) bond motifs is 7. The molecular formula is C46H46O4. The first-order chi connectivity index (χ1) is 23.5. The minimum Gasteiger partial charge on any atom is -0.507 e. The van der Waals surface area contributed by atoms with E-state index in [0.29, 0.717) is 6.61 Å². The molecule has 5 aromatic carbocycles. The Kier molecular flexibility index (Phi) is 6.20. The Morgan fingerprint density at radius 1 is 0.540 bits per heavy atom. The van der Waals surface area contributed by atoms with E-state index in [1.807, 2.05) is 12.1 Å². The van der Waals surface area contributed by atoms with Gasteiger partial charge in [0.1, 0.15) is 5.75 Å². The van der Waals surface area contributed by atoms with E-state index in [-0.39, 0.29) is 27.4 Å². The zero-order chi connectivity index (χ0) is 35.2. The lowest BCUT2D eigenvalue weighted by Crippen LogP contribution is -2.72. The van der Waals surface area contributed by atoms with Crippen LogP contribution in [0.25, 0.3) is 44.5 Å². The number of hydrogen-bond acceptors (Lipinski definition) is 4. The lowest BCUT2D eigenvalue weighted by atomic mass is 9.57. The second kappa shape index (κ2) is 9.76. The quantitative estimate of drug-likeness (QED) is 0.195. The van der Waals surface area contributed by atoms with Crippen LogP contribution >= 0.6 is 0 Å². The molecule has 2 aliphatic heterocycles. The van der Waals surface area contributed by atoms with Gasteiger partial charge in [-0.1, -0.05) is 135 Å². The van der Waals surface area contributed by atoms with Gasteiger partial charge in [0, 0.05) is 32.8 Å². The van der Waals surface area contributed by atoms with Crippen LogP contribution in [0.4, 0.5) is 0 Å². The average molecular weight is 663 g/mol. The first-order valence-electron chi connectivity index (χ1n) is 17.9. The predicted octanol–water partition coefficient (Wildman–Crippen LogP) is 11.3. The maximum Gasteiger partial charge on any atom is 0.261 e. The number of aromatic hydroxyl groups is 1. The van der Waals surface area contributed by atoms with Crippen LogP contribution in [0.5, 0.6) is 5.75 Å².